The lowest BCUT2D eigenvalue weighted by atomic mass is 10.0. The highest BCUT2D eigenvalue weighted by Gasteiger charge is 2.32. The van der Waals surface area contributed by atoms with Gasteiger partial charge in [-0.3, -0.25) is 0 Å². The zero-order chi connectivity index (χ0) is 14.7. The average molecular weight is 285 g/mol. The Labute approximate surface area is 121 Å². The molecule has 7 heteroatoms. The Morgan fingerprint density at radius 2 is 1.81 bits per heavy atom. The van der Waals surface area contributed by atoms with Gasteiger partial charge in [0.15, 0.2) is 5.82 Å². The molecule has 1 aromatic heterocycles. The highest BCUT2D eigenvalue weighted by atomic mass is 16.4. The van der Waals surface area contributed by atoms with E-state index in [1.54, 1.807) is 0 Å². The lowest BCUT2D eigenvalue weighted by molar-refractivity contribution is 0.188. The Morgan fingerprint density at radius 3 is 2.48 bits per heavy atom. The zero-order valence-corrected chi connectivity index (χ0v) is 11.3. The van der Waals surface area contributed by atoms with Crippen molar-refractivity contribution in [1.29, 1.82) is 0 Å². The number of nitrogens with one attached hydrogen (secondary N) is 1. The van der Waals surface area contributed by atoms with Gasteiger partial charge in [0.1, 0.15) is 0 Å². The van der Waals surface area contributed by atoms with Crippen LogP contribution in [0.15, 0.2) is 30.3 Å². The van der Waals surface area contributed by atoms with Crippen molar-refractivity contribution >= 4 is 6.09 Å². The molecule has 0 spiro atoms. The molecule has 21 heavy (non-hydrogen) atoms. The second kappa shape index (κ2) is 5.82. The van der Waals surface area contributed by atoms with E-state index in [0.29, 0.717) is 11.6 Å². The van der Waals surface area contributed by atoms with Gasteiger partial charge in [-0.15, -0.1) is 20.4 Å². The Bertz CT molecular complexity index is 617. The van der Waals surface area contributed by atoms with E-state index in [4.69, 9.17) is 5.11 Å². The minimum absolute atomic E-state index is 0.0501. The van der Waals surface area contributed by atoms with Crippen LogP contribution < -0.4 is 5.32 Å². The van der Waals surface area contributed by atoms with Crippen LogP contribution in [0.3, 0.4) is 0 Å². The van der Waals surface area contributed by atoms with Gasteiger partial charge < -0.3 is 10.4 Å². The van der Waals surface area contributed by atoms with E-state index in [1.165, 1.54) is 0 Å². The van der Waals surface area contributed by atoms with Gasteiger partial charge in [0, 0.05) is 17.5 Å². The molecule has 0 saturated heterocycles. The number of benzene rings is 1. The summed E-state index contributed by atoms with van der Waals surface area (Å²) in [7, 11) is 0. The normalized spacial score (nSPS) is 21.1. The Balaban J connectivity index is 1.79. The first-order chi connectivity index (χ1) is 10.2. The number of amides is 1. The lowest BCUT2D eigenvalue weighted by Gasteiger charge is -2.17. The fourth-order valence-corrected chi connectivity index (χ4v) is 2.69. The summed E-state index contributed by atoms with van der Waals surface area (Å²) in [5.41, 5.74) is 0.857. The highest BCUT2D eigenvalue weighted by Crippen LogP contribution is 2.32. The number of carboxylic acid groups (broad SMARTS) is 1. The van der Waals surface area contributed by atoms with E-state index in [9.17, 15) is 4.79 Å². The number of hydrogen-bond acceptors (Lipinski definition) is 5. The Kier molecular flexibility index (Phi) is 3.72. The molecule has 7 nitrogen and oxygen atoms in total. The van der Waals surface area contributed by atoms with Crippen molar-refractivity contribution in [2.45, 2.75) is 31.2 Å². The summed E-state index contributed by atoms with van der Waals surface area (Å²) in [6.07, 6.45) is 1.56. The van der Waals surface area contributed by atoms with E-state index in [2.05, 4.69) is 25.7 Å². The van der Waals surface area contributed by atoms with Gasteiger partial charge in [-0.05, 0) is 12.8 Å². The maximum absolute atomic E-state index is 10.8. The summed E-state index contributed by atoms with van der Waals surface area (Å²) in [4.78, 5) is 10.8. The van der Waals surface area contributed by atoms with Gasteiger partial charge in [-0.2, -0.15) is 0 Å². The van der Waals surface area contributed by atoms with Gasteiger partial charge in [0.05, 0.1) is 0 Å². The predicted molar refractivity (Wildman–Crippen MR) is 74.6 cm³/mol. The summed E-state index contributed by atoms with van der Waals surface area (Å²) >= 11 is 0. The van der Waals surface area contributed by atoms with Gasteiger partial charge >= 0.3 is 6.09 Å². The summed E-state index contributed by atoms with van der Waals surface area (Å²) in [6.45, 7) is 0. The average Bonchev–Trinajstić information content (AvgIpc) is 2.96. The van der Waals surface area contributed by atoms with Crippen LogP contribution in [0, 0.1) is 0 Å². The van der Waals surface area contributed by atoms with Gasteiger partial charge in [0.2, 0.25) is 5.82 Å². The number of aromatic nitrogens is 4. The summed E-state index contributed by atoms with van der Waals surface area (Å²) in [6, 6.07) is 9.34. The monoisotopic (exact) mass is 285 g/mol. The molecule has 1 heterocycles. The van der Waals surface area contributed by atoms with Crippen molar-refractivity contribution in [2.24, 2.45) is 0 Å². The van der Waals surface area contributed by atoms with Gasteiger partial charge in [-0.25, -0.2) is 4.79 Å². The van der Waals surface area contributed by atoms with Crippen LogP contribution in [-0.4, -0.2) is 37.6 Å². The molecule has 2 unspecified atom stereocenters. The smallest absolute Gasteiger partial charge is 0.404 e. The van der Waals surface area contributed by atoms with E-state index < -0.39 is 6.09 Å². The number of rotatable bonds is 3. The minimum Gasteiger partial charge on any atom is -0.465 e. The van der Waals surface area contributed by atoms with E-state index in [1.807, 2.05) is 30.3 Å². The Morgan fingerprint density at radius 1 is 1.10 bits per heavy atom. The molecule has 0 radical (unpaired) electrons. The molecule has 1 amide bonds. The molecule has 1 aromatic carbocycles. The molecule has 108 valence electrons. The first-order valence-electron chi connectivity index (χ1n) is 6.86. The maximum Gasteiger partial charge on any atom is 0.404 e. The molecule has 1 saturated carbocycles. The summed E-state index contributed by atoms with van der Waals surface area (Å²) < 4.78 is 0. The fraction of sp³-hybridized carbons (Fsp3) is 0.357. The van der Waals surface area contributed by atoms with Crippen molar-refractivity contribution in [1.82, 2.24) is 25.7 Å². The van der Waals surface area contributed by atoms with Crippen LogP contribution in [0.5, 0.6) is 0 Å². The SMILES string of the molecule is O=C(O)NC1CCCC1c1nnc(-c2ccccc2)nn1. The largest absolute Gasteiger partial charge is 0.465 e. The molecule has 2 aromatic rings. The van der Waals surface area contributed by atoms with Crippen LogP contribution in [0.1, 0.15) is 31.0 Å². The third kappa shape index (κ3) is 2.96. The molecule has 1 fully saturated rings. The third-order valence-corrected chi connectivity index (χ3v) is 3.68. The van der Waals surface area contributed by atoms with Gasteiger partial charge in [-0.1, -0.05) is 36.8 Å². The van der Waals surface area contributed by atoms with Crippen molar-refractivity contribution in [2.75, 3.05) is 0 Å². The second-order valence-corrected chi connectivity index (χ2v) is 5.04. The van der Waals surface area contributed by atoms with Crippen LogP contribution in [-0.2, 0) is 0 Å². The second-order valence-electron chi connectivity index (χ2n) is 5.04. The molecule has 2 N–H and O–H groups in total. The minimum atomic E-state index is -1.02. The van der Waals surface area contributed by atoms with E-state index >= 15 is 0 Å². The molecule has 3 rings (SSSR count). The molecule has 0 bridgehead atoms. The summed E-state index contributed by atoms with van der Waals surface area (Å²) in [5, 5.41) is 27.9. The molecule has 2 atom stereocenters. The first kappa shape index (κ1) is 13.4. The molecular formula is C14H15N5O2. The predicted octanol–water partition coefficient (Wildman–Crippen LogP) is 1.84. The standard InChI is InChI=1S/C14H15N5O2/c20-14(21)15-11-8-4-7-10(11)13-18-16-12(17-19-13)9-5-2-1-3-6-9/h1-3,5-6,10-11,15H,4,7-8H2,(H,20,21). The molecular weight excluding hydrogens is 270 g/mol. The Hall–Kier alpha value is -2.57. The van der Waals surface area contributed by atoms with Crippen molar-refractivity contribution in [3.8, 4) is 11.4 Å². The van der Waals surface area contributed by atoms with Crippen molar-refractivity contribution in [3.05, 3.63) is 36.2 Å². The van der Waals surface area contributed by atoms with Crippen LogP contribution >= 0.6 is 0 Å². The molecule has 1 aliphatic carbocycles. The molecule has 0 aliphatic heterocycles. The van der Waals surface area contributed by atoms with Crippen LogP contribution in [0.2, 0.25) is 0 Å². The maximum atomic E-state index is 10.8. The molecule has 1 aliphatic rings. The highest BCUT2D eigenvalue weighted by molar-refractivity contribution is 5.65. The zero-order valence-electron chi connectivity index (χ0n) is 11.3. The number of hydrogen-bond donors (Lipinski definition) is 2. The fourth-order valence-electron chi connectivity index (χ4n) is 2.69. The number of nitrogens with zero attached hydrogens (tertiary/aromatic N) is 4. The first-order valence-corrected chi connectivity index (χ1v) is 6.86. The lowest BCUT2D eigenvalue weighted by Crippen LogP contribution is -2.36. The van der Waals surface area contributed by atoms with Gasteiger partial charge in [0.25, 0.3) is 0 Å². The van der Waals surface area contributed by atoms with Crippen molar-refractivity contribution in [3.63, 3.8) is 0 Å². The number of carbonyl (C=O) groups is 1. The topological polar surface area (TPSA) is 101 Å². The van der Waals surface area contributed by atoms with E-state index in [-0.39, 0.29) is 12.0 Å². The van der Waals surface area contributed by atoms with E-state index in [0.717, 1.165) is 24.8 Å². The van der Waals surface area contributed by atoms with Crippen LogP contribution in [0.4, 0.5) is 4.79 Å². The van der Waals surface area contributed by atoms with Crippen molar-refractivity contribution < 1.29 is 9.90 Å². The summed E-state index contributed by atoms with van der Waals surface area (Å²) in [5.74, 6) is 0.928. The quantitative estimate of drug-likeness (QED) is 0.892. The third-order valence-electron chi connectivity index (χ3n) is 3.68. The van der Waals surface area contributed by atoms with Crippen LogP contribution in [0.25, 0.3) is 11.4 Å².